The number of methoxy groups -OCH3 is 2. The highest BCUT2D eigenvalue weighted by molar-refractivity contribution is 5.02. The number of aryl methyl sites for hydroxylation is 1. The summed E-state index contributed by atoms with van der Waals surface area (Å²) in [6.45, 7) is 4.58. The van der Waals surface area contributed by atoms with Crippen LogP contribution in [0.2, 0.25) is 0 Å². The molecule has 1 aliphatic heterocycles. The number of hydrogen-bond acceptors (Lipinski definition) is 5. The molecule has 0 spiro atoms. The number of ether oxygens (including phenoxy) is 2. The first-order valence-corrected chi connectivity index (χ1v) is 7.39. The van der Waals surface area contributed by atoms with E-state index in [2.05, 4.69) is 19.7 Å². The molecular formula is C14H24N4O2. The lowest BCUT2D eigenvalue weighted by molar-refractivity contribution is 0.104. The highest BCUT2D eigenvalue weighted by atomic mass is 16.5. The maximum absolute atomic E-state index is 5.51. The molecule has 1 aromatic rings. The molecule has 2 heterocycles. The number of rotatable bonds is 6. The summed E-state index contributed by atoms with van der Waals surface area (Å²) in [5.74, 6) is 2.12. The van der Waals surface area contributed by atoms with E-state index in [1.165, 1.54) is 12.8 Å². The summed E-state index contributed by atoms with van der Waals surface area (Å²) in [5.41, 5.74) is 0. The normalized spacial score (nSPS) is 27.4. The fraction of sp³-hybridized carbons (Fsp3) is 0.857. The molecule has 0 aromatic carbocycles. The number of aromatic nitrogens is 3. The first-order valence-electron chi connectivity index (χ1n) is 7.39. The van der Waals surface area contributed by atoms with Crippen LogP contribution in [0.3, 0.4) is 0 Å². The number of nitrogens with zero attached hydrogens (tertiary/aromatic N) is 4. The van der Waals surface area contributed by atoms with Crippen molar-refractivity contribution in [2.45, 2.75) is 50.9 Å². The topological polar surface area (TPSA) is 52.4 Å². The molecule has 1 saturated carbocycles. The molecule has 1 aromatic heterocycles. The van der Waals surface area contributed by atoms with E-state index < -0.39 is 0 Å². The summed E-state index contributed by atoms with van der Waals surface area (Å²) in [6.07, 6.45) is 3.84. The molecule has 20 heavy (non-hydrogen) atoms. The Morgan fingerprint density at radius 1 is 1.25 bits per heavy atom. The van der Waals surface area contributed by atoms with E-state index in [0.717, 1.165) is 37.8 Å². The monoisotopic (exact) mass is 280 g/mol. The molecule has 0 unspecified atom stereocenters. The van der Waals surface area contributed by atoms with Crippen LogP contribution < -0.4 is 0 Å². The van der Waals surface area contributed by atoms with Crippen LogP contribution in [0.25, 0.3) is 0 Å². The predicted octanol–water partition coefficient (Wildman–Crippen LogP) is 1.16. The molecule has 2 aliphatic rings. The highest BCUT2D eigenvalue weighted by Crippen LogP contribution is 2.37. The Hall–Kier alpha value is -0.980. The quantitative estimate of drug-likeness (QED) is 0.782. The molecule has 0 N–H and O–H groups in total. The van der Waals surface area contributed by atoms with Crippen molar-refractivity contribution < 1.29 is 9.47 Å². The van der Waals surface area contributed by atoms with Gasteiger partial charge in [-0.15, -0.1) is 10.2 Å². The Labute approximate surface area is 120 Å². The smallest absolute Gasteiger partial charge is 0.147 e. The van der Waals surface area contributed by atoms with Gasteiger partial charge in [0.2, 0.25) is 0 Å². The largest absolute Gasteiger partial charge is 0.383 e. The lowest BCUT2D eigenvalue weighted by Gasteiger charge is -2.23. The van der Waals surface area contributed by atoms with Crippen LogP contribution in [-0.4, -0.2) is 59.2 Å². The molecule has 2 fully saturated rings. The predicted molar refractivity (Wildman–Crippen MR) is 74.5 cm³/mol. The number of hydrogen-bond donors (Lipinski definition) is 0. The third-order valence-electron chi connectivity index (χ3n) is 4.38. The standard InChI is InChI=1S/C14H24N4O2/c1-10-15-16-14(18(10)11-4-5-11)8-17-7-13(20-3)6-12(17)9-19-2/h11-13H,4-9H2,1-3H3/t12-,13+/m0/s1. The van der Waals surface area contributed by atoms with E-state index in [0.29, 0.717) is 18.2 Å². The maximum Gasteiger partial charge on any atom is 0.147 e. The van der Waals surface area contributed by atoms with Gasteiger partial charge in [-0.05, 0) is 26.2 Å². The third-order valence-corrected chi connectivity index (χ3v) is 4.38. The molecule has 2 atom stereocenters. The molecular weight excluding hydrogens is 256 g/mol. The molecule has 0 radical (unpaired) electrons. The van der Waals surface area contributed by atoms with Crippen molar-refractivity contribution in [3.63, 3.8) is 0 Å². The Morgan fingerprint density at radius 2 is 2.05 bits per heavy atom. The van der Waals surface area contributed by atoms with Crippen LogP contribution in [0, 0.1) is 6.92 Å². The lowest BCUT2D eigenvalue weighted by Crippen LogP contribution is -2.33. The van der Waals surface area contributed by atoms with E-state index in [9.17, 15) is 0 Å². The van der Waals surface area contributed by atoms with E-state index in [4.69, 9.17) is 9.47 Å². The SMILES string of the molecule is COC[C@@H]1C[C@@H](OC)CN1Cc1nnc(C)n1C1CC1. The first kappa shape index (κ1) is 14.0. The van der Waals surface area contributed by atoms with E-state index in [-0.39, 0.29) is 0 Å². The average Bonchev–Trinajstić information content (AvgIpc) is 3.10. The Bertz CT molecular complexity index is 458. The molecule has 0 bridgehead atoms. The molecule has 6 nitrogen and oxygen atoms in total. The van der Waals surface area contributed by atoms with Gasteiger partial charge in [0.15, 0.2) is 0 Å². The van der Waals surface area contributed by atoms with Crippen molar-refractivity contribution in [1.82, 2.24) is 19.7 Å². The summed E-state index contributed by atoms with van der Waals surface area (Å²) in [5, 5.41) is 8.63. The van der Waals surface area contributed by atoms with Crippen molar-refractivity contribution in [2.75, 3.05) is 27.4 Å². The van der Waals surface area contributed by atoms with Crippen molar-refractivity contribution in [1.29, 1.82) is 0 Å². The van der Waals surface area contributed by atoms with Gasteiger partial charge in [-0.25, -0.2) is 0 Å². The minimum absolute atomic E-state index is 0.300. The molecule has 0 amide bonds. The Kier molecular flexibility index (Phi) is 4.05. The van der Waals surface area contributed by atoms with Gasteiger partial charge in [0.1, 0.15) is 11.6 Å². The second-order valence-corrected chi connectivity index (χ2v) is 5.90. The van der Waals surface area contributed by atoms with Gasteiger partial charge in [-0.1, -0.05) is 0 Å². The van der Waals surface area contributed by atoms with Gasteiger partial charge in [0.25, 0.3) is 0 Å². The Morgan fingerprint density at radius 3 is 2.70 bits per heavy atom. The maximum atomic E-state index is 5.51. The zero-order valence-electron chi connectivity index (χ0n) is 12.6. The highest BCUT2D eigenvalue weighted by Gasteiger charge is 2.34. The minimum Gasteiger partial charge on any atom is -0.383 e. The Balaban J connectivity index is 1.72. The van der Waals surface area contributed by atoms with Crippen LogP contribution in [0.15, 0.2) is 0 Å². The van der Waals surface area contributed by atoms with Crippen LogP contribution in [0.1, 0.15) is 37.0 Å². The number of likely N-dealkylation sites (tertiary alicyclic amines) is 1. The average molecular weight is 280 g/mol. The van der Waals surface area contributed by atoms with Crippen molar-refractivity contribution in [3.8, 4) is 0 Å². The van der Waals surface area contributed by atoms with Crippen molar-refractivity contribution in [2.24, 2.45) is 0 Å². The summed E-state index contributed by atoms with van der Waals surface area (Å²) in [7, 11) is 3.55. The molecule has 112 valence electrons. The molecule has 1 aliphatic carbocycles. The van der Waals surface area contributed by atoms with Gasteiger partial charge >= 0.3 is 0 Å². The van der Waals surface area contributed by atoms with Gasteiger partial charge in [-0.3, -0.25) is 4.90 Å². The second kappa shape index (κ2) is 5.79. The van der Waals surface area contributed by atoms with Crippen LogP contribution in [-0.2, 0) is 16.0 Å². The summed E-state index contributed by atoms with van der Waals surface area (Å²) in [6, 6.07) is 1.04. The van der Waals surface area contributed by atoms with Crippen LogP contribution >= 0.6 is 0 Å². The zero-order valence-corrected chi connectivity index (χ0v) is 12.6. The first-order chi connectivity index (χ1) is 9.72. The third kappa shape index (κ3) is 2.73. The van der Waals surface area contributed by atoms with E-state index in [1.54, 1.807) is 14.2 Å². The van der Waals surface area contributed by atoms with Crippen molar-refractivity contribution >= 4 is 0 Å². The van der Waals surface area contributed by atoms with Crippen LogP contribution in [0.4, 0.5) is 0 Å². The van der Waals surface area contributed by atoms with E-state index in [1.807, 2.05) is 6.92 Å². The minimum atomic E-state index is 0.300. The van der Waals surface area contributed by atoms with Gasteiger partial charge in [0, 0.05) is 32.8 Å². The lowest BCUT2D eigenvalue weighted by atomic mass is 10.2. The molecule has 1 saturated heterocycles. The molecule has 3 rings (SSSR count). The van der Waals surface area contributed by atoms with E-state index >= 15 is 0 Å². The van der Waals surface area contributed by atoms with Gasteiger partial charge in [-0.2, -0.15) is 0 Å². The zero-order chi connectivity index (χ0) is 14.1. The summed E-state index contributed by atoms with van der Waals surface area (Å²) < 4.78 is 13.2. The second-order valence-electron chi connectivity index (χ2n) is 5.90. The summed E-state index contributed by atoms with van der Waals surface area (Å²) in [4.78, 5) is 2.42. The fourth-order valence-corrected chi connectivity index (χ4v) is 3.18. The molecule has 6 heteroatoms. The van der Waals surface area contributed by atoms with Gasteiger partial charge in [0.05, 0.1) is 19.3 Å². The fourth-order valence-electron chi connectivity index (χ4n) is 3.18. The van der Waals surface area contributed by atoms with Crippen LogP contribution in [0.5, 0.6) is 0 Å². The van der Waals surface area contributed by atoms with Gasteiger partial charge < -0.3 is 14.0 Å². The van der Waals surface area contributed by atoms with Crippen molar-refractivity contribution in [3.05, 3.63) is 11.6 Å². The summed E-state index contributed by atoms with van der Waals surface area (Å²) >= 11 is 0.